The first kappa shape index (κ1) is 23.5. The van der Waals surface area contributed by atoms with Crippen LogP contribution in [-0.2, 0) is 10.0 Å². The Balaban J connectivity index is 1.66. The zero-order chi connectivity index (χ0) is 24.3. The van der Waals surface area contributed by atoms with E-state index < -0.39 is 39.7 Å². The maximum Gasteiger partial charge on any atom is 0.291 e. The Hall–Kier alpha value is -2.29. The van der Waals surface area contributed by atoms with E-state index in [1.165, 1.54) is 16.8 Å². The van der Waals surface area contributed by atoms with Gasteiger partial charge in [0.1, 0.15) is 11.6 Å². The molecule has 2 aliphatic rings. The van der Waals surface area contributed by atoms with E-state index in [1.807, 2.05) is 18.7 Å². The average Bonchev–Trinajstić information content (AvgIpc) is 3.18. The third-order valence-corrected chi connectivity index (χ3v) is 8.62. The van der Waals surface area contributed by atoms with E-state index in [1.54, 1.807) is 6.07 Å². The largest absolute Gasteiger partial charge is 0.367 e. The highest BCUT2D eigenvalue weighted by molar-refractivity contribution is 7.89. The van der Waals surface area contributed by atoms with Crippen LogP contribution in [-0.4, -0.2) is 65.4 Å². The summed E-state index contributed by atoms with van der Waals surface area (Å²) in [7, 11) is -3.89. The van der Waals surface area contributed by atoms with Crippen LogP contribution >= 0.6 is 11.3 Å². The van der Waals surface area contributed by atoms with Crippen LogP contribution in [0.2, 0.25) is 0 Å². The van der Waals surface area contributed by atoms with Crippen molar-refractivity contribution in [2.24, 2.45) is 0 Å². The number of pyridine rings is 1. The van der Waals surface area contributed by atoms with Crippen LogP contribution in [0.3, 0.4) is 0 Å². The number of piperazine rings is 1. The summed E-state index contributed by atoms with van der Waals surface area (Å²) in [5, 5.41) is 10.2. The fourth-order valence-electron chi connectivity index (χ4n) is 4.17. The Morgan fingerprint density at radius 3 is 2.74 bits per heavy atom. The van der Waals surface area contributed by atoms with E-state index in [4.69, 9.17) is 0 Å². The molecule has 2 N–H and O–H groups in total. The molecule has 4 heterocycles. The van der Waals surface area contributed by atoms with E-state index in [0.29, 0.717) is 35.6 Å². The Morgan fingerprint density at radius 2 is 2.09 bits per heavy atom. The van der Waals surface area contributed by atoms with E-state index >= 15 is 0 Å². The summed E-state index contributed by atoms with van der Waals surface area (Å²) in [6.45, 7) is 4.05. The van der Waals surface area contributed by atoms with Crippen molar-refractivity contribution in [2.75, 3.05) is 24.7 Å². The number of nitrogens with zero attached hydrogens (tertiary/aromatic N) is 5. The molecule has 0 amide bonds. The van der Waals surface area contributed by atoms with Crippen LogP contribution in [0.25, 0.3) is 16.3 Å². The van der Waals surface area contributed by atoms with Crippen LogP contribution in [0.4, 0.5) is 18.9 Å². The topological polar surface area (TPSA) is 105 Å². The van der Waals surface area contributed by atoms with Gasteiger partial charge in [0.2, 0.25) is 10.0 Å². The summed E-state index contributed by atoms with van der Waals surface area (Å²) in [6, 6.07) is 1.12. The van der Waals surface area contributed by atoms with E-state index in [2.05, 4.69) is 25.2 Å². The van der Waals surface area contributed by atoms with Crippen molar-refractivity contribution in [2.45, 2.75) is 55.6 Å². The van der Waals surface area contributed by atoms with Crippen LogP contribution < -0.4 is 14.9 Å². The minimum Gasteiger partial charge on any atom is -0.367 e. The second-order valence-electron chi connectivity index (χ2n) is 9.13. The Labute approximate surface area is 198 Å². The van der Waals surface area contributed by atoms with Crippen molar-refractivity contribution in [1.29, 1.82) is 0 Å². The van der Waals surface area contributed by atoms with Crippen LogP contribution in [0.1, 0.15) is 38.1 Å². The van der Waals surface area contributed by atoms with Crippen molar-refractivity contribution >= 4 is 32.6 Å². The first-order valence-corrected chi connectivity index (χ1v) is 13.1. The fraction of sp³-hybridized carbons (Fsp3) is 0.550. The number of sulfonamides is 1. The second-order valence-corrected chi connectivity index (χ2v) is 11.8. The third-order valence-electron chi connectivity index (χ3n) is 6.09. The van der Waals surface area contributed by atoms with Gasteiger partial charge in [-0.05, 0) is 32.8 Å². The number of hydrogen-bond donors (Lipinski definition) is 2. The van der Waals surface area contributed by atoms with Gasteiger partial charge in [-0.15, -0.1) is 10.2 Å². The van der Waals surface area contributed by atoms with Crippen LogP contribution in [0.5, 0.6) is 0 Å². The maximum absolute atomic E-state index is 13.5. The van der Waals surface area contributed by atoms with Crippen LogP contribution in [0, 0.1) is 0 Å². The normalized spacial score (nSPS) is 22.6. The standard InChI is InChI=1S/C20H24F3N7O2S2/c1-11-8-29(9-12(6-21)25-11)14-5-13(34(31,32)28-20(2)3-4-20)10-30-15(14)7-24-17(30)19-27-26-18(33-19)16(22)23/h5,7,10-12,16,25,28H,3-4,6,8-9H2,1-2H3/t11-,12-/m0/s1. The van der Waals surface area contributed by atoms with E-state index in [0.717, 1.165) is 12.8 Å². The van der Waals surface area contributed by atoms with Gasteiger partial charge in [0, 0.05) is 30.9 Å². The van der Waals surface area contributed by atoms with Gasteiger partial charge in [0.15, 0.2) is 15.8 Å². The quantitative estimate of drug-likeness (QED) is 0.499. The Kier molecular flexibility index (Phi) is 5.81. The number of alkyl halides is 3. The van der Waals surface area contributed by atoms with Gasteiger partial charge < -0.3 is 10.2 Å². The van der Waals surface area contributed by atoms with Crippen molar-refractivity contribution in [3.8, 4) is 10.8 Å². The summed E-state index contributed by atoms with van der Waals surface area (Å²) in [4.78, 5) is 6.29. The predicted octanol–water partition coefficient (Wildman–Crippen LogP) is 2.76. The number of nitrogens with one attached hydrogen (secondary N) is 2. The molecule has 1 aliphatic heterocycles. The SMILES string of the molecule is C[C@H]1CN(c2cc(S(=O)(=O)NC3(C)CC3)cn3c(-c4nnc(C(F)F)s4)ncc23)C[C@H](CF)N1. The number of halogens is 3. The minimum atomic E-state index is -3.89. The molecule has 2 atom stereocenters. The molecule has 1 saturated carbocycles. The number of imidazole rings is 1. The summed E-state index contributed by atoms with van der Waals surface area (Å²) in [5.74, 6) is 0.209. The molecule has 1 saturated heterocycles. The van der Waals surface area contributed by atoms with Gasteiger partial charge in [-0.1, -0.05) is 11.3 Å². The molecule has 0 radical (unpaired) electrons. The molecule has 3 aromatic rings. The van der Waals surface area contributed by atoms with Gasteiger partial charge in [-0.3, -0.25) is 4.40 Å². The fourth-order valence-corrected chi connectivity index (χ4v) is 6.34. The monoisotopic (exact) mass is 515 g/mol. The lowest BCUT2D eigenvalue weighted by Gasteiger charge is -2.38. The number of rotatable bonds is 7. The van der Waals surface area contributed by atoms with E-state index in [-0.39, 0.29) is 21.8 Å². The summed E-state index contributed by atoms with van der Waals surface area (Å²) < 4.78 is 70.5. The molecule has 9 nitrogen and oxygen atoms in total. The van der Waals surface area contributed by atoms with Crippen molar-refractivity contribution in [3.63, 3.8) is 0 Å². The second kappa shape index (κ2) is 8.43. The van der Waals surface area contributed by atoms with Crippen molar-refractivity contribution < 1.29 is 21.6 Å². The lowest BCUT2D eigenvalue weighted by molar-refractivity contribution is 0.150. The van der Waals surface area contributed by atoms with Crippen molar-refractivity contribution in [1.82, 2.24) is 29.6 Å². The maximum atomic E-state index is 13.5. The Morgan fingerprint density at radius 1 is 1.32 bits per heavy atom. The minimum absolute atomic E-state index is 0.00366. The zero-order valence-electron chi connectivity index (χ0n) is 18.5. The highest BCUT2D eigenvalue weighted by Crippen LogP contribution is 2.37. The molecular formula is C20H24F3N7O2S2. The van der Waals surface area contributed by atoms with Gasteiger partial charge in [-0.2, -0.15) is 0 Å². The molecule has 2 fully saturated rings. The number of aromatic nitrogens is 4. The Bertz CT molecular complexity index is 1320. The molecular weight excluding hydrogens is 491 g/mol. The number of hydrogen-bond acceptors (Lipinski definition) is 8. The lowest BCUT2D eigenvalue weighted by atomic mass is 10.1. The highest BCUT2D eigenvalue weighted by Gasteiger charge is 2.41. The van der Waals surface area contributed by atoms with Crippen LogP contribution in [0.15, 0.2) is 23.4 Å². The lowest BCUT2D eigenvalue weighted by Crippen LogP contribution is -2.56. The predicted molar refractivity (Wildman–Crippen MR) is 122 cm³/mol. The molecule has 14 heteroatoms. The summed E-state index contributed by atoms with van der Waals surface area (Å²) in [5.41, 5.74) is 0.639. The molecule has 5 rings (SSSR count). The number of anilines is 1. The molecule has 0 bridgehead atoms. The average molecular weight is 516 g/mol. The summed E-state index contributed by atoms with van der Waals surface area (Å²) >= 11 is 0.699. The van der Waals surface area contributed by atoms with Crippen molar-refractivity contribution in [3.05, 3.63) is 23.5 Å². The highest BCUT2D eigenvalue weighted by atomic mass is 32.2. The molecule has 3 aromatic heterocycles. The van der Waals surface area contributed by atoms with Gasteiger partial charge in [0.25, 0.3) is 6.43 Å². The van der Waals surface area contributed by atoms with Gasteiger partial charge >= 0.3 is 0 Å². The number of fused-ring (bicyclic) bond motifs is 1. The molecule has 1 aliphatic carbocycles. The molecule has 0 spiro atoms. The first-order valence-electron chi connectivity index (χ1n) is 10.8. The first-order chi connectivity index (χ1) is 16.1. The zero-order valence-corrected chi connectivity index (χ0v) is 20.1. The third kappa shape index (κ3) is 4.39. The summed E-state index contributed by atoms with van der Waals surface area (Å²) in [6.07, 6.45) is 1.67. The van der Waals surface area contributed by atoms with Gasteiger partial charge in [0.05, 0.1) is 23.4 Å². The molecule has 184 valence electrons. The molecule has 0 aromatic carbocycles. The molecule has 0 unspecified atom stereocenters. The van der Waals surface area contributed by atoms with E-state index in [9.17, 15) is 21.6 Å². The van der Waals surface area contributed by atoms with Gasteiger partial charge in [-0.25, -0.2) is 31.3 Å². The molecule has 34 heavy (non-hydrogen) atoms. The smallest absolute Gasteiger partial charge is 0.291 e.